The number of benzene rings is 1. The highest BCUT2D eigenvalue weighted by molar-refractivity contribution is 6.42. The molecule has 0 saturated heterocycles. The molecule has 2 rings (SSSR count). The highest BCUT2D eigenvalue weighted by Gasteiger charge is 2.22. The number of halogens is 2. The van der Waals surface area contributed by atoms with Crippen LogP contribution in [0.3, 0.4) is 0 Å². The molecule has 0 spiro atoms. The summed E-state index contributed by atoms with van der Waals surface area (Å²) >= 11 is 11.9. The Morgan fingerprint density at radius 2 is 1.95 bits per heavy atom. The van der Waals surface area contributed by atoms with E-state index in [0.717, 1.165) is 31.2 Å². The van der Waals surface area contributed by atoms with Gasteiger partial charge in [0.15, 0.2) is 0 Å². The van der Waals surface area contributed by atoms with Gasteiger partial charge in [0.1, 0.15) is 0 Å². The molecule has 2 N–H and O–H groups in total. The maximum Gasteiger partial charge on any atom is 0.317 e. The van der Waals surface area contributed by atoms with Gasteiger partial charge in [0.2, 0.25) is 0 Å². The van der Waals surface area contributed by atoms with Gasteiger partial charge < -0.3 is 15.3 Å². The van der Waals surface area contributed by atoms with Gasteiger partial charge in [-0.1, -0.05) is 29.3 Å². The highest BCUT2D eigenvalue weighted by Crippen LogP contribution is 2.23. The van der Waals surface area contributed by atoms with Crippen molar-refractivity contribution < 1.29 is 9.90 Å². The molecule has 0 aromatic heterocycles. The molecule has 0 heterocycles. The van der Waals surface area contributed by atoms with Crippen LogP contribution in [-0.2, 0) is 6.54 Å². The van der Waals surface area contributed by atoms with Gasteiger partial charge in [-0.05, 0) is 50.3 Å². The van der Waals surface area contributed by atoms with Gasteiger partial charge in [0.05, 0.1) is 16.1 Å². The van der Waals surface area contributed by atoms with Gasteiger partial charge in [0, 0.05) is 19.1 Å². The zero-order valence-electron chi connectivity index (χ0n) is 12.7. The molecule has 1 aliphatic rings. The number of hydrogen-bond acceptors (Lipinski definition) is 2. The van der Waals surface area contributed by atoms with Crippen LogP contribution >= 0.6 is 23.2 Å². The molecule has 1 aliphatic carbocycles. The molecule has 0 atom stereocenters. The summed E-state index contributed by atoms with van der Waals surface area (Å²) in [6, 6.07) is 5.49. The van der Waals surface area contributed by atoms with Crippen LogP contribution in [0.25, 0.3) is 0 Å². The van der Waals surface area contributed by atoms with Crippen molar-refractivity contribution >= 4 is 29.2 Å². The van der Waals surface area contributed by atoms with Gasteiger partial charge in [0.25, 0.3) is 0 Å². The molecule has 1 saturated carbocycles. The van der Waals surface area contributed by atoms with Crippen molar-refractivity contribution in [1.82, 2.24) is 10.2 Å². The van der Waals surface area contributed by atoms with E-state index < -0.39 is 0 Å². The first kappa shape index (κ1) is 17.4. The van der Waals surface area contributed by atoms with Crippen molar-refractivity contribution in [1.29, 1.82) is 0 Å². The predicted octanol–water partition coefficient (Wildman–Crippen LogP) is 3.83. The maximum atomic E-state index is 12.4. The van der Waals surface area contributed by atoms with Gasteiger partial charge in [-0.3, -0.25) is 0 Å². The monoisotopic (exact) mass is 344 g/mol. The van der Waals surface area contributed by atoms with Crippen LogP contribution in [0.1, 0.15) is 38.2 Å². The topological polar surface area (TPSA) is 52.6 Å². The fraction of sp³-hybridized carbons (Fsp3) is 0.562. The third-order valence-corrected chi connectivity index (χ3v) is 4.79. The highest BCUT2D eigenvalue weighted by atomic mass is 35.5. The predicted molar refractivity (Wildman–Crippen MR) is 89.3 cm³/mol. The minimum atomic E-state index is -0.216. The largest absolute Gasteiger partial charge is 0.393 e. The first-order valence-corrected chi connectivity index (χ1v) is 8.42. The Labute approximate surface area is 141 Å². The van der Waals surface area contributed by atoms with Crippen LogP contribution in [0, 0.1) is 0 Å². The lowest BCUT2D eigenvalue weighted by Gasteiger charge is -2.29. The van der Waals surface area contributed by atoms with E-state index in [4.69, 9.17) is 23.2 Å². The third-order valence-electron chi connectivity index (χ3n) is 4.05. The van der Waals surface area contributed by atoms with Crippen molar-refractivity contribution in [2.24, 2.45) is 0 Å². The van der Waals surface area contributed by atoms with Gasteiger partial charge >= 0.3 is 6.03 Å². The number of amides is 2. The lowest BCUT2D eigenvalue weighted by atomic mass is 9.93. The Bertz CT molecular complexity index is 517. The zero-order valence-corrected chi connectivity index (χ0v) is 14.2. The number of nitrogens with zero attached hydrogens (tertiary/aromatic N) is 1. The minimum absolute atomic E-state index is 0.0741. The Balaban J connectivity index is 1.92. The molecule has 4 nitrogen and oxygen atoms in total. The molecular weight excluding hydrogens is 323 g/mol. The summed E-state index contributed by atoms with van der Waals surface area (Å²) in [5.74, 6) is 0. The Kier molecular flexibility index (Phi) is 6.36. The quantitative estimate of drug-likeness (QED) is 0.871. The summed E-state index contributed by atoms with van der Waals surface area (Å²) in [5.41, 5.74) is 0.950. The van der Waals surface area contributed by atoms with E-state index in [-0.39, 0.29) is 18.2 Å². The smallest absolute Gasteiger partial charge is 0.317 e. The summed E-state index contributed by atoms with van der Waals surface area (Å²) in [5, 5.41) is 13.6. The third kappa shape index (κ3) is 4.77. The summed E-state index contributed by atoms with van der Waals surface area (Å²) in [6.07, 6.45) is 2.95. The van der Waals surface area contributed by atoms with Crippen molar-refractivity contribution in [3.05, 3.63) is 33.8 Å². The molecular formula is C16H22Cl2N2O2. The number of aliphatic hydroxyl groups is 1. The molecule has 0 unspecified atom stereocenters. The van der Waals surface area contributed by atoms with Crippen molar-refractivity contribution in [3.63, 3.8) is 0 Å². The van der Waals surface area contributed by atoms with E-state index in [1.54, 1.807) is 17.0 Å². The Hall–Kier alpha value is -0.970. The van der Waals surface area contributed by atoms with Gasteiger partial charge in [-0.2, -0.15) is 0 Å². The van der Waals surface area contributed by atoms with Crippen molar-refractivity contribution in [2.75, 3.05) is 6.54 Å². The van der Waals surface area contributed by atoms with E-state index in [0.29, 0.717) is 23.1 Å². The second-order valence-electron chi connectivity index (χ2n) is 5.72. The summed E-state index contributed by atoms with van der Waals surface area (Å²) in [7, 11) is 0. The SMILES string of the molecule is CCN(Cc1ccc(Cl)c(Cl)c1)C(=O)NC1CCC(O)CC1. The average molecular weight is 345 g/mol. The van der Waals surface area contributed by atoms with Crippen LogP contribution in [0.15, 0.2) is 18.2 Å². The van der Waals surface area contributed by atoms with Crippen LogP contribution in [-0.4, -0.2) is 34.7 Å². The lowest BCUT2D eigenvalue weighted by molar-refractivity contribution is 0.115. The van der Waals surface area contributed by atoms with E-state index in [1.165, 1.54) is 0 Å². The lowest BCUT2D eigenvalue weighted by Crippen LogP contribution is -2.46. The Morgan fingerprint density at radius 1 is 1.27 bits per heavy atom. The fourth-order valence-electron chi connectivity index (χ4n) is 2.67. The first-order valence-electron chi connectivity index (χ1n) is 7.67. The molecule has 6 heteroatoms. The fourth-order valence-corrected chi connectivity index (χ4v) is 2.99. The number of nitrogens with one attached hydrogen (secondary N) is 1. The second kappa shape index (κ2) is 8.04. The molecule has 0 aliphatic heterocycles. The Morgan fingerprint density at radius 3 is 2.55 bits per heavy atom. The standard InChI is InChI=1S/C16H22Cl2N2O2/c1-2-20(10-11-3-8-14(17)15(18)9-11)16(22)19-12-4-6-13(21)7-5-12/h3,8-9,12-13,21H,2,4-7,10H2,1H3,(H,19,22). The molecule has 1 aromatic carbocycles. The van der Waals surface area contributed by atoms with Crippen molar-refractivity contribution in [2.45, 2.75) is 51.3 Å². The molecule has 0 bridgehead atoms. The van der Waals surface area contributed by atoms with Gasteiger partial charge in [-0.15, -0.1) is 0 Å². The van der Waals surface area contributed by atoms with E-state index in [1.807, 2.05) is 13.0 Å². The summed E-state index contributed by atoms with van der Waals surface area (Å²) in [6.45, 7) is 3.05. The van der Waals surface area contributed by atoms with Crippen LogP contribution in [0.2, 0.25) is 10.0 Å². The number of rotatable bonds is 4. The normalized spacial score (nSPS) is 21.5. The molecule has 0 radical (unpaired) electrons. The van der Waals surface area contributed by atoms with E-state index >= 15 is 0 Å². The first-order chi connectivity index (χ1) is 10.5. The van der Waals surface area contributed by atoms with Crippen LogP contribution in [0.5, 0.6) is 0 Å². The summed E-state index contributed by atoms with van der Waals surface area (Å²) in [4.78, 5) is 14.1. The number of carbonyl (C=O) groups excluding carboxylic acids is 1. The molecule has 122 valence electrons. The molecule has 1 fully saturated rings. The van der Waals surface area contributed by atoms with Crippen LogP contribution < -0.4 is 5.32 Å². The molecule has 22 heavy (non-hydrogen) atoms. The number of aliphatic hydroxyl groups excluding tert-OH is 1. The maximum absolute atomic E-state index is 12.4. The van der Waals surface area contributed by atoms with Crippen molar-refractivity contribution in [3.8, 4) is 0 Å². The van der Waals surface area contributed by atoms with Crippen LogP contribution in [0.4, 0.5) is 4.79 Å². The van der Waals surface area contributed by atoms with Gasteiger partial charge in [-0.25, -0.2) is 4.79 Å². The molecule has 1 aromatic rings. The second-order valence-corrected chi connectivity index (χ2v) is 6.53. The number of hydrogen-bond donors (Lipinski definition) is 2. The summed E-state index contributed by atoms with van der Waals surface area (Å²) < 4.78 is 0. The number of urea groups is 1. The number of carbonyl (C=O) groups is 1. The van der Waals surface area contributed by atoms with E-state index in [2.05, 4.69) is 5.32 Å². The molecule has 2 amide bonds. The zero-order chi connectivity index (χ0) is 16.1. The minimum Gasteiger partial charge on any atom is -0.393 e. The average Bonchev–Trinajstić information content (AvgIpc) is 2.50. The van der Waals surface area contributed by atoms with E-state index in [9.17, 15) is 9.90 Å².